The summed E-state index contributed by atoms with van der Waals surface area (Å²) in [7, 11) is 0. The van der Waals surface area contributed by atoms with Gasteiger partial charge in [-0.05, 0) is 0 Å². The molecule has 0 aliphatic rings. The number of pyridine rings is 1. The summed E-state index contributed by atoms with van der Waals surface area (Å²) in [6, 6.07) is 0. The number of nitrogens with two attached hydrogens (primary N) is 1. The molecule has 0 saturated carbocycles. The van der Waals surface area contributed by atoms with E-state index < -0.39 is 5.97 Å². The van der Waals surface area contributed by atoms with E-state index in [-0.39, 0.29) is 16.8 Å². The standard InChI is InChI=1S/C7H6N2O3/c8-5-2-9-1-4(3-10)6(5)7(11)12/h1-3H,8H2,(H,11,12). The van der Waals surface area contributed by atoms with Gasteiger partial charge in [-0.15, -0.1) is 0 Å². The van der Waals surface area contributed by atoms with Crippen LogP contribution < -0.4 is 5.73 Å². The number of hydrogen-bond donors (Lipinski definition) is 2. The zero-order valence-corrected chi connectivity index (χ0v) is 6.02. The van der Waals surface area contributed by atoms with E-state index >= 15 is 0 Å². The minimum atomic E-state index is -1.22. The highest BCUT2D eigenvalue weighted by Gasteiger charge is 2.12. The lowest BCUT2D eigenvalue weighted by atomic mass is 10.1. The first-order valence-electron chi connectivity index (χ1n) is 3.08. The maximum absolute atomic E-state index is 10.5. The number of aromatic carboxylic acids is 1. The first-order chi connectivity index (χ1) is 5.66. The lowest BCUT2D eigenvalue weighted by Crippen LogP contribution is -2.07. The second-order valence-corrected chi connectivity index (χ2v) is 2.12. The van der Waals surface area contributed by atoms with E-state index in [1.54, 1.807) is 0 Å². The Bertz CT molecular complexity index is 335. The van der Waals surface area contributed by atoms with Gasteiger partial charge in [0.15, 0.2) is 6.29 Å². The molecule has 0 aromatic carbocycles. The molecule has 0 amide bonds. The molecular formula is C7H6N2O3. The molecule has 0 radical (unpaired) electrons. The fraction of sp³-hybridized carbons (Fsp3) is 0. The van der Waals surface area contributed by atoms with Crippen LogP contribution >= 0.6 is 0 Å². The Morgan fingerprint density at radius 3 is 2.67 bits per heavy atom. The van der Waals surface area contributed by atoms with Crippen LogP contribution in [0, 0.1) is 0 Å². The van der Waals surface area contributed by atoms with Crippen molar-refractivity contribution in [1.82, 2.24) is 4.98 Å². The highest BCUT2D eigenvalue weighted by Crippen LogP contribution is 2.12. The van der Waals surface area contributed by atoms with Gasteiger partial charge in [0, 0.05) is 11.8 Å². The number of nitrogen functional groups attached to an aromatic ring is 1. The number of aromatic nitrogens is 1. The van der Waals surface area contributed by atoms with Crippen molar-refractivity contribution in [3.63, 3.8) is 0 Å². The number of anilines is 1. The Hall–Kier alpha value is -1.91. The summed E-state index contributed by atoms with van der Waals surface area (Å²) in [4.78, 5) is 24.4. The smallest absolute Gasteiger partial charge is 0.338 e. The van der Waals surface area contributed by atoms with Gasteiger partial charge >= 0.3 is 5.97 Å². The molecule has 62 valence electrons. The van der Waals surface area contributed by atoms with Crippen LogP contribution in [0.15, 0.2) is 12.4 Å². The largest absolute Gasteiger partial charge is 0.478 e. The van der Waals surface area contributed by atoms with Gasteiger partial charge in [0.25, 0.3) is 0 Å². The first kappa shape index (κ1) is 8.19. The topological polar surface area (TPSA) is 93.3 Å². The molecule has 12 heavy (non-hydrogen) atoms. The van der Waals surface area contributed by atoms with Crippen LogP contribution in [-0.2, 0) is 0 Å². The summed E-state index contributed by atoms with van der Waals surface area (Å²) in [5.41, 5.74) is 5.08. The van der Waals surface area contributed by atoms with Crippen LogP contribution in [0.2, 0.25) is 0 Å². The van der Waals surface area contributed by atoms with Gasteiger partial charge in [-0.1, -0.05) is 0 Å². The molecule has 1 aromatic rings. The molecule has 1 aromatic heterocycles. The van der Waals surface area contributed by atoms with Gasteiger partial charge in [0.05, 0.1) is 17.4 Å². The molecule has 0 spiro atoms. The van der Waals surface area contributed by atoms with Gasteiger partial charge < -0.3 is 10.8 Å². The second kappa shape index (κ2) is 3.00. The number of carboxylic acid groups (broad SMARTS) is 1. The van der Waals surface area contributed by atoms with Crippen molar-refractivity contribution < 1.29 is 14.7 Å². The minimum Gasteiger partial charge on any atom is -0.478 e. The molecule has 0 aliphatic carbocycles. The summed E-state index contributed by atoms with van der Waals surface area (Å²) < 4.78 is 0. The SMILES string of the molecule is Nc1cncc(C=O)c1C(=O)O. The Kier molecular flexibility index (Phi) is 2.05. The summed E-state index contributed by atoms with van der Waals surface area (Å²) in [6.45, 7) is 0. The maximum Gasteiger partial charge on any atom is 0.338 e. The van der Waals surface area contributed by atoms with E-state index in [1.807, 2.05) is 0 Å². The van der Waals surface area contributed by atoms with Gasteiger partial charge in [0.1, 0.15) is 0 Å². The fourth-order valence-corrected chi connectivity index (χ4v) is 0.830. The molecule has 0 atom stereocenters. The van der Waals surface area contributed by atoms with Crippen molar-refractivity contribution in [2.45, 2.75) is 0 Å². The quantitative estimate of drug-likeness (QED) is 0.611. The molecule has 1 rings (SSSR count). The maximum atomic E-state index is 10.5. The monoisotopic (exact) mass is 166 g/mol. The molecule has 0 unspecified atom stereocenters. The summed E-state index contributed by atoms with van der Waals surface area (Å²) in [6.07, 6.45) is 2.76. The number of nitrogens with zero attached hydrogens (tertiary/aromatic N) is 1. The number of carboxylic acids is 1. The Balaban J connectivity index is 3.39. The van der Waals surface area contributed by atoms with E-state index in [0.29, 0.717) is 6.29 Å². The normalized spacial score (nSPS) is 9.33. The zero-order chi connectivity index (χ0) is 9.14. The van der Waals surface area contributed by atoms with Crippen LogP contribution in [0.5, 0.6) is 0 Å². The van der Waals surface area contributed by atoms with Gasteiger partial charge in [-0.2, -0.15) is 0 Å². The van der Waals surface area contributed by atoms with Gasteiger partial charge in [-0.25, -0.2) is 4.79 Å². The summed E-state index contributed by atoms with van der Waals surface area (Å²) in [5.74, 6) is -1.22. The van der Waals surface area contributed by atoms with Crippen molar-refractivity contribution in [3.05, 3.63) is 23.5 Å². The molecule has 5 heteroatoms. The average molecular weight is 166 g/mol. The van der Waals surface area contributed by atoms with Gasteiger partial charge in [-0.3, -0.25) is 9.78 Å². The van der Waals surface area contributed by atoms with E-state index in [9.17, 15) is 9.59 Å². The van der Waals surface area contributed by atoms with Crippen LogP contribution in [0.3, 0.4) is 0 Å². The minimum absolute atomic E-state index is 0.00731. The van der Waals surface area contributed by atoms with E-state index in [0.717, 1.165) is 6.20 Å². The predicted molar refractivity (Wildman–Crippen MR) is 41.0 cm³/mol. The summed E-state index contributed by atoms with van der Waals surface area (Å²) in [5, 5.41) is 8.61. The molecule has 0 bridgehead atoms. The number of aldehydes is 1. The van der Waals surface area contributed by atoms with E-state index in [1.165, 1.54) is 6.20 Å². The molecule has 1 heterocycles. The van der Waals surface area contributed by atoms with Crippen LogP contribution in [-0.4, -0.2) is 22.3 Å². The fourth-order valence-electron chi connectivity index (χ4n) is 0.830. The highest BCUT2D eigenvalue weighted by molar-refractivity contribution is 6.01. The lowest BCUT2D eigenvalue weighted by molar-refractivity contribution is 0.0695. The molecule has 0 aliphatic heterocycles. The van der Waals surface area contributed by atoms with Crippen LogP contribution in [0.25, 0.3) is 0 Å². The Morgan fingerprint density at radius 2 is 2.25 bits per heavy atom. The van der Waals surface area contributed by atoms with Crippen LogP contribution in [0.1, 0.15) is 20.7 Å². The molecule has 0 fully saturated rings. The van der Waals surface area contributed by atoms with Crippen molar-refractivity contribution in [2.24, 2.45) is 0 Å². The third-order valence-electron chi connectivity index (χ3n) is 1.35. The molecule has 5 nitrogen and oxygen atoms in total. The third-order valence-corrected chi connectivity index (χ3v) is 1.35. The zero-order valence-electron chi connectivity index (χ0n) is 6.02. The van der Waals surface area contributed by atoms with E-state index in [2.05, 4.69) is 4.98 Å². The first-order valence-corrected chi connectivity index (χ1v) is 3.08. The number of carbonyl (C=O) groups excluding carboxylic acids is 1. The van der Waals surface area contributed by atoms with Crippen molar-refractivity contribution in [3.8, 4) is 0 Å². The second-order valence-electron chi connectivity index (χ2n) is 2.12. The van der Waals surface area contributed by atoms with Crippen molar-refractivity contribution in [1.29, 1.82) is 0 Å². The van der Waals surface area contributed by atoms with Gasteiger partial charge in [0.2, 0.25) is 0 Å². The number of hydrogen-bond acceptors (Lipinski definition) is 4. The Morgan fingerprint density at radius 1 is 1.58 bits per heavy atom. The highest BCUT2D eigenvalue weighted by atomic mass is 16.4. The molecular weight excluding hydrogens is 160 g/mol. The average Bonchev–Trinajstić information content (AvgIpc) is 2.03. The van der Waals surface area contributed by atoms with Crippen molar-refractivity contribution in [2.75, 3.05) is 5.73 Å². The predicted octanol–water partition coefficient (Wildman–Crippen LogP) is 0.175. The third kappa shape index (κ3) is 1.24. The van der Waals surface area contributed by atoms with Crippen LogP contribution in [0.4, 0.5) is 5.69 Å². The number of rotatable bonds is 2. The van der Waals surface area contributed by atoms with E-state index in [4.69, 9.17) is 10.8 Å². The number of carbonyl (C=O) groups is 2. The summed E-state index contributed by atoms with van der Waals surface area (Å²) >= 11 is 0. The molecule has 0 saturated heterocycles. The Labute approximate surface area is 67.8 Å². The molecule has 3 N–H and O–H groups in total. The van der Waals surface area contributed by atoms with Crippen molar-refractivity contribution >= 4 is 17.9 Å². The lowest BCUT2D eigenvalue weighted by Gasteiger charge is -2.00.